The third kappa shape index (κ3) is 1.69. The fourth-order valence-electron chi connectivity index (χ4n) is 2.05. The van der Waals surface area contributed by atoms with Gasteiger partial charge >= 0.3 is 0 Å². The first-order chi connectivity index (χ1) is 9.09. The molecule has 0 N–H and O–H groups in total. The van der Waals surface area contributed by atoms with Gasteiger partial charge in [-0.05, 0) is 17.5 Å². The number of benzene rings is 2. The molecule has 19 heavy (non-hydrogen) atoms. The quantitative estimate of drug-likeness (QED) is 0.459. The van der Waals surface area contributed by atoms with E-state index in [1.165, 1.54) is 6.20 Å². The van der Waals surface area contributed by atoms with Crippen molar-refractivity contribution in [3.8, 4) is 5.69 Å². The maximum atomic E-state index is 13.7. The molecule has 0 saturated carbocycles. The van der Waals surface area contributed by atoms with Crippen LogP contribution in [0.3, 0.4) is 0 Å². The molecule has 0 atom stereocenters. The normalized spacial score (nSPS) is 11.2. The highest BCUT2D eigenvalue weighted by Crippen LogP contribution is 2.27. The summed E-state index contributed by atoms with van der Waals surface area (Å²) in [5.41, 5.74) is -0.288. The van der Waals surface area contributed by atoms with Gasteiger partial charge in [-0.2, -0.15) is 0 Å². The molecule has 0 radical (unpaired) electrons. The largest absolute Gasteiger partial charge is 0.311 e. The number of rotatable bonds is 1. The van der Waals surface area contributed by atoms with Crippen LogP contribution >= 0.6 is 0 Å². The molecule has 3 aromatic rings. The first-order valence-electron chi connectivity index (χ1n) is 5.49. The van der Waals surface area contributed by atoms with Crippen LogP contribution in [0.25, 0.3) is 16.6 Å². The van der Waals surface area contributed by atoms with Crippen LogP contribution in [0.2, 0.25) is 0 Å². The van der Waals surface area contributed by atoms with E-state index >= 15 is 0 Å². The molecule has 0 bridgehead atoms. The molecule has 0 fully saturated rings. The SMILES string of the molecule is Fc1cc(F)c(F)c(-n2ccc3ccccc32)c1F. The van der Waals surface area contributed by atoms with Crippen LogP contribution in [0, 0.1) is 23.3 Å². The fraction of sp³-hybridized carbons (Fsp3) is 0. The summed E-state index contributed by atoms with van der Waals surface area (Å²) in [5.74, 6) is -5.68. The summed E-state index contributed by atoms with van der Waals surface area (Å²) in [6, 6.07) is 8.57. The van der Waals surface area contributed by atoms with E-state index in [1.54, 1.807) is 30.3 Å². The Bertz CT molecular complexity index is 750. The second kappa shape index (κ2) is 4.12. The molecule has 0 aliphatic carbocycles. The lowest BCUT2D eigenvalue weighted by Crippen LogP contribution is -2.05. The number of halogens is 4. The van der Waals surface area contributed by atoms with Crippen LogP contribution in [0.1, 0.15) is 0 Å². The van der Waals surface area contributed by atoms with E-state index in [1.807, 2.05) is 0 Å². The van der Waals surface area contributed by atoms with Gasteiger partial charge < -0.3 is 4.57 Å². The molecular formula is C14H7F4N. The van der Waals surface area contributed by atoms with Crippen molar-refractivity contribution in [1.29, 1.82) is 0 Å². The molecule has 0 spiro atoms. The lowest BCUT2D eigenvalue weighted by Gasteiger charge is -2.09. The highest BCUT2D eigenvalue weighted by atomic mass is 19.2. The molecule has 0 amide bonds. The van der Waals surface area contributed by atoms with Gasteiger partial charge in [-0.15, -0.1) is 0 Å². The molecule has 0 aliphatic heterocycles. The van der Waals surface area contributed by atoms with Gasteiger partial charge in [0.2, 0.25) is 0 Å². The third-order valence-electron chi connectivity index (χ3n) is 2.93. The molecule has 0 aliphatic rings. The Morgan fingerprint density at radius 1 is 0.789 bits per heavy atom. The number of hydrogen-bond acceptors (Lipinski definition) is 0. The smallest absolute Gasteiger partial charge is 0.186 e. The highest BCUT2D eigenvalue weighted by Gasteiger charge is 2.21. The van der Waals surface area contributed by atoms with Gasteiger partial charge in [0.05, 0.1) is 5.52 Å². The van der Waals surface area contributed by atoms with Crippen molar-refractivity contribution in [2.24, 2.45) is 0 Å². The summed E-state index contributed by atoms with van der Waals surface area (Å²) < 4.78 is 55.0. The molecule has 5 heteroatoms. The molecule has 3 rings (SSSR count). The number of aromatic nitrogens is 1. The van der Waals surface area contributed by atoms with Crippen LogP contribution in [0.15, 0.2) is 42.6 Å². The van der Waals surface area contributed by atoms with Crippen LogP contribution < -0.4 is 0 Å². The molecule has 96 valence electrons. The van der Waals surface area contributed by atoms with E-state index in [0.29, 0.717) is 10.9 Å². The summed E-state index contributed by atoms with van der Waals surface area (Å²) in [5, 5.41) is 0.714. The predicted octanol–water partition coefficient (Wildman–Crippen LogP) is 4.19. The zero-order valence-corrected chi connectivity index (χ0v) is 9.50. The Hall–Kier alpha value is -2.30. The second-order valence-corrected chi connectivity index (χ2v) is 4.06. The van der Waals surface area contributed by atoms with E-state index < -0.39 is 29.0 Å². The van der Waals surface area contributed by atoms with Crippen LogP contribution in [0.5, 0.6) is 0 Å². The predicted molar refractivity (Wildman–Crippen MR) is 63.1 cm³/mol. The number of hydrogen-bond donors (Lipinski definition) is 0. The van der Waals surface area contributed by atoms with Crippen molar-refractivity contribution >= 4 is 10.9 Å². The number of fused-ring (bicyclic) bond motifs is 1. The zero-order valence-electron chi connectivity index (χ0n) is 9.50. The zero-order chi connectivity index (χ0) is 13.6. The van der Waals surface area contributed by atoms with E-state index in [9.17, 15) is 17.6 Å². The molecule has 0 unspecified atom stereocenters. The van der Waals surface area contributed by atoms with Gasteiger partial charge in [-0.1, -0.05) is 18.2 Å². The Kier molecular flexibility index (Phi) is 2.55. The lowest BCUT2D eigenvalue weighted by molar-refractivity contribution is 0.449. The molecule has 2 aromatic carbocycles. The van der Waals surface area contributed by atoms with E-state index in [-0.39, 0.29) is 6.07 Å². The third-order valence-corrected chi connectivity index (χ3v) is 2.93. The van der Waals surface area contributed by atoms with Gasteiger partial charge in [0.1, 0.15) is 5.69 Å². The molecule has 1 heterocycles. The Balaban J connectivity index is 2.39. The summed E-state index contributed by atoms with van der Waals surface area (Å²) >= 11 is 0. The minimum atomic E-state index is -1.42. The van der Waals surface area contributed by atoms with E-state index in [4.69, 9.17) is 0 Å². The standard InChI is InChI=1S/C14H7F4N/c15-9-7-10(16)13(18)14(12(9)17)19-6-5-8-3-1-2-4-11(8)19/h1-7H. The van der Waals surface area contributed by atoms with Crippen molar-refractivity contribution in [3.63, 3.8) is 0 Å². The van der Waals surface area contributed by atoms with Gasteiger partial charge in [-0.3, -0.25) is 0 Å². The van der Waals surface area contributed by atoms with Gasteiger partial charge in [0.15, 0.2) is 23.3 Å². The average molecular weight is 265 g/mol. The van der Waals surface area contributed by atoms with Crippen LogP contribution in [-0.2, 0) is 0 Å². The first kappa shape index (κ1) is 11.8. The Morgan fingerprint density at radius 3 is 2.11 bits per heavy atom. The highest BCUT2D eigenvalue weighted by molar-refractivity contribution is 5.81. The van der Waals surface area contributed by atoms with E-state index in [2.05, 4.69) is 0 Å². The maximum absolute atomic E-state index is 13.7. The maximum Gasteiger partial charge on any atom is 0.186 e. The van der Waals surface area contributed by atoms with Crippen molar-refractivity contribution in [3.05, 3.63) is 65.9 Å². The fourth-order valence-corrected chi connectivity index (χ4v) is 2.05. The Labute approximate surface area is 105 Å². The molecule has 1 nitrogen and oxygen atoms in total. The topological polar surface area (TPSA) is 4.93 Å². The summed E-state index contributed by atoms with van der Waals surface area (Å²) in [6.07, 6.45) is 1.37. The lowest BCUT2D eigenvalue weighted by atomic mass is 10.2. The number of para-hydroxylation sites is 1. The Morgan fingerprint density at radius 2 is 1.42 bits per heavy atom. The van der Waals surface area contributed by atoms with Gasteiger partial charge in [0.25, 0.3) is 0 Å². The second-order valence-electron chi connectivity index (χ2n) is 4.06. The molecule has 1 aromatic heterocycles. The van der Waals surface area contributed by atoms with Crippen LogP contribution in [0.4, 0.5) is 17.6 Å². The van der Waals surface area contributed by atoms with Gasteiger partial charge in [-0.25, -0.2) is 17.6 Å². The van der Waals surface area contributed by atoms with Crippen LogP contribution in [-0.4, -0.2) is 4.57 Å². The van der Waals surface area contributed by atoms with Crippen molar-refractivity contribution < 1.29 is 17.6 Å². The molecular weight excluding hydrogens is 258 g/mol. The minimum Gasteiger partial charge on any atom is -0.311 e. The van der Waals surface area contributed by atoms with Crippen molar-refractivity contribution in [2.75, 3.05) is 0 Å². The summed E-state index contributed by atoms with van der Waals surface area (Å²) in [7, 11) is 0. The van der Waals surface area contributed by atoms with Crippen molar-refractivity contribution in [2.45, 2.75) is 0 Å². The summed E-state index contributed by atoms with van der Waals surface area (Å²) in [6.45, 7) is 0. The first-order valence-corrected chi connectivity index (χ1v) is 5.49. The van der Waals surface area contributed by atoms with Gasteiger partial charge in [0, 0.05) is 12.3 Å². The number of nitrogens with zero attached hydrogens (tertiary/aromatic N) is 1. The van der Waals surface area contributed by atoms with Crippen molar-refractivity contribution in [1.82, 2.24) is 4.57 Å². The average Bonchev–Trinajstić information content (AvgIpc) is 2.81. The summed E-state index contributed by atoms with van der Waals surface area (Å²) in [4.78, 5) is 0. The monoisotopic (exact) mass is 265 g/mol. The minimum absolute atomic E-state index is 0.194. The van der Waals surface area contributed by atoms with E-state index in [0.717, 1.165) is 4.57 Å². The molecule has 0 saturated heterocycles.